The number of carbonyl (C=O) groups excluding carboxylic acids is 2. The van der Waals surface area contributed by atoms with Crippen LogP contribution in [0, 0.1) is 25.2 Å². The molecule has 1 aliphatic rings. The van der Waals surface area contributed by atoms with E-state index in [1.807, 2.05) is 25.1 Å². The van der Waals surface area contributed by atoms with E-state index in [1.165, 1.54) is 17.4 Å². The molecule has 0 bridgehead atoms. The minimum absolute atomic E-state index is 0.140. The molecular weight excluding hydrogens is 368 g/mol. The molecule has 0 saturated carbocycles. The van der Waals surface area contributed by atoms with Gasteiger partial charge in [-0.05, 0) is 73.3 Å². The Labute approximate surface area is 171 Å². The summed E-state index contributed by atoms with van der Waals surface area (Å²) in [7, 11) is 0. The molecule has 0 spiro atoms. The fraction of sp³-hybridized carbons (Fsp3) is 0.478. The van der Waals surface area contributed by atoms with Gasteiger partial charge in [0.2, 0.25) is 5.91 Å². The maximum Gasteiger partial charge on any atom is 0.258 e. The van der Waals surface area contributed by atoms with Crippen molar-refractivity contribution in [2.75, 3.05) is 10.6 Å². The Morgan fingerprint density at radius 3 is 2.43 bits per heavy atom. The van der Waals surface area contributed by atoms with Crippen LogP contribution in [0.1, 0.15) is 66.0 Å². The van der Waals surface area contributed by atoms with Crippen LogP contribution in [-0.2, 0) is 17.6 Å². The number of rotatable bonds is 3. The van der Waals surface area contributed by atoms with Gasteiger partial charge >= 0.3 is 0 Å². The van der Waals surface area contributed by atoms with Crippen LogP contribution in [0.3, 0.4) is 0 Å². The van der Waals surface area contributed by atoms with Gasteiger partial charge in [-0.2, -0.15) is 0 Å². The zero-order valence-corrected chi connectivity index (χ0v) is 18.5. The molecule has 2 aromatic rings. The Balaban J connectivity index is 1.94. The fourth-order valence-corrected chi connectivity index (χ4v) is 5.20. The molecule has 0 fully saturated rings. The first-order valence-electron chi connectivity index (χ1n) is 9.87. The smallest absolute Gasteiger partial charge is 0.258 e. The average Bonchev–Trinajstić information content (AvgIpc) is 2.93. The lowest BCUT2D eigenvalue weighted by Crippen LogP contribution is -2.27. The van der Waals surface area contributed by atoms with Crippen LogP contribution in [0.25, 0.3) is 0 Å². The van der Waals surface area contributed by atoms with Crippen molar-refractivity contribution in [1.29, 1.82) is 0 Å². The van der Waals surface area contributed by atoms with Crippen molar-refractivity contribution in [1.82, 2.24) is 0 Å². The second-order valence-corrected chi connectivity index (χ2v) is 10.1. The summed E-state index contributed by atoms with van der Waals surface area (Å²) < 4.78 is 0. The van der Waals surface area contributed by atoms with Gasteiger partial charge in [-0.25, -0.2) is 0 Å². The second kappa shape index (κ2) is 7.70. The number of anilines is 2. The number of nitrogens with one attached hydrogen (secondary N) is 2. The molecule has 1 aromatic heterocycles. The molecule has 1 heterocycles. The SMILES string of the molecule is CC(=O)Nc1sc2c(c1C(=O)Nc1ccc(C)c(C)c1)CCC(C(C)(C)C)C2. The van der Waals surface area contributed by atoms with Crippen molar-refractivity contribution < 1.29 is 9.59 Å². The summed E-state index contributed by atoms with van der Waals surface area (Å²) in [6.45, 7) is 12.4. The highest BCUT2D eigenvalue weighted by molar-refractivity contribution is 7.17. The topological polar surface area (TPSA) is 58.2 Å². The number of benzene rings is 1. The molecule has 3 rings (SSSR count). The summed E-state index contributed by atoms with van der Waals surface area (Å²) in [6.07, 6.45) is 2.91. The van der Waals surface area contributed by atoms with Crippen LogP contribution in [0.4, 0.5) is 10.7 Å². The summed E-state index contributed by atoms with van der Waals surface area (Å²) in [4.78, 5) is 26.1. The third kappa shape index (κ3) is 4.30. The third-order valence-electron chi connectivity index (χ3n) is 5.77. The first kappa shape index (κ1) is 20.6. The number of aryl methyl sites for hydroxylation is 2. The van der Waals surface area contributed by atoms with Gasteiger partial charge in [-0.3, -0.25) is 9.59 Å². The number of fused-ring (bicyclic) bond motifs is 1. The van der Waals surface area contributed by atoms with Gasteiger partial charge in [0.15, 0.2) is 0 Å². The number of amides is 2. The van der Waals surface area contributed by atoms with Crippen molar-refractivity contribution in [3.63, 3.8) is 0 Å². The van der Waals surface area contributed by atoms with Crippen LogP contribution >= 0.6 is 11.3 Å². The van der Waals surface area contributed by atoms with Gasteiger partial charge in [0.25, 0.3) is 5.91 Å². The Kier molecular flexibility index (Phi) is 5.67. The predicted octanol–water partition coefficient (Wildman–Crippen LogP) is 5.73. The van der Waals surface area contributed by atoms with Gasteiger partial charge in [0, 0.05) is 17.5 Å². The lowest BCUT2D eigenvalue weighted by Gasteiger charge is -2.33. The molecule has 2 amide bonds. The van der Waals surface area contributed by atoms with E-state index in [-0.39, 0.29) is 17.2 Å². The van der Waals surface area contributed by atoms with Crippen molar-refractivity contribution in [3.8, 4) is 0 Å². The number of hydrogen-bond acceptors (Lipinski definition) is 3. The van der Waals surface area contributed by atoms with Crippen molar-refractivity contribution in [2.45, 2.75) is 60.8 Å². The largest absolute Gasteiger partial charge is 0.322 e. The summed E-state index contributed by atoms with van der Waals surface area (Å²) in [5.74, 6) is 0.296. The lowest BCUT2D eigenvalue weighted by atomic mass is 9.72. The fourth-order valence-electron chi connectivity index (χ4n) is 3.83. The first-order valence-corrected chi connectivity index (χ1v) is 10.7. The van der Waals surface area contributed by atoms with Crippen molar-refractivity contribution in [3.05, 3.63) is 45.3 Å². The molecule has 2 N–H and O–H groups in total. The molecule has 1 unspecified atom stereocenters. The zero-order valence-electron chi connectivity index (χ0n) is 17.7. The van der Waals surface area contributed by atoms with E-state index in [2.05, 4.69) is 38.3 Å². The third-order valence-corrected chi connectivity index (χ3v) is 6.94. The lowest BCUT2D eigenvalue weighted by molar-refractivity contribution is -0.114. The highest BCUT2D eigenvalue weighted by Crippen LogP contribution is 2.44. The minimum Gasteiger partial charge on any atom is -0.322 e. The molecule has 1 aromatic carbocycles. The van der Waals surface area contributed by atoms with Gasteiger partial charge in [0.05, 0.1) is 5.56 Å². The normalized spacial score (nSPS) is 16.4. The zero-order chi connectivity index (χ0) is 20.6. The minimum atomic E-state index is -0.147. The summed E-state index contributed by atoms with van der Waals surface area (Å²) in [5, 5.41) is 6.60. The molecular formula is C23H30N2O2S. The molecule has 4 nitrogen and oxygen atoms in total. The summed E-state index contributed by atoms with van der Waals surface area (Å²) in [6, 6.07) is 5.92. The molecule has 0 radical (unpaired) electrons. The van der Waals surface area contributed by atoms with Crippen LogP contribution in [0.15, 0.2) is 18.2 Å². The number of hydrogen-bond donors (Lipinski definition) is 2. The van der Waals surface area contributed by atoms with E-state index >= 15 is 0 Å². The standard InChI is InChI=1S/C23H30N2O2S/c1-13-7-9-17(11-14(13)2)25-21(27)20-18-10-8-16(23(4,5)6)12-19(18)28-22(20)24-15(3)26/h7,9,11,16H,8,10,12H2,1-6H3,(H,24,26)(H,25,27). The molecule has 0 aliphatic heterocycles. The molecule has 1 aliphatic carbocycles. The van der Waals surface area contributed by atoms with Crippen molar-refractivity contribution >= 4 is 33.8 Å². The molecule has 5 heteroatoms. The van der Waals surface area contributed by atoms with E-state index in [0.29, 0.717) is 16.5 Å². The first-order chi connectivity index (χ1) is 13.1. The maximum atomic E-state index is 13.2. The maximum absolute atomic E-state index is 13.2. The molecule has 1 atom stereocenters. The van der Waals surface area contributed by atoms with Gasteiger partial charge in [-0.15, -0.1) is 11.3 Å². The Hall–Kier alpha value is -2.14. The van der Waals surface area contributed by atoms with E-state index < -0.39 is 0 Å². The predicted molar refractivity (Wildman–Crippen MR) is 117 cm³/mol. The Bertz CT molecular complexity index is 921. The Morgan fingerprint density at radius 1 is 1.11 bits per heavy atom. The molecule has 0 saturated heterocycles. The summed E-state index contributed by atoms with van der Waals surface area (Å²) in [5.41, 5.74) is 5.09. The van der Waals surface area contributed by atoms with Crippen LogP contribution < -0.4 is 10.6 Å². The van der Waals surface area contributed by atoms with E-state index in [0.717, 1.165) is 36.1 Å². The quantitative estimate of drug-likeness (QED) is 0.694. The number of carbonyl (C=O) groups is 2. The number of thiophene rings is 1. The monoisotopic (exact) mass is 398 g/mol. The van der Waals surface area contributed by atoms with E-state index in [9.17, 15) is 9.59 Å². The van der Waals surface area contributed by atoms with E-state index in [1.54, 1.807) is 11.3 Å². The van der Waals surface area contributed by atoms with Gasteiger partial charge in [-0.1, -0.05) is 26.8 Å². The van der Waals surface area contributed by atoms with E-state index in [4.69, 9.17) is 0 Å². The van der Waals surface area contributed by atoms with Crippen LogP contribution in [-0.4, -0.2) is 11.8 Å². The highest BCUT2D eigenvalue weighted by Gasteiger charge is 2.34. The molecule has 150 valence electrons. The van der Waals surface area contributed by atoms with Gasteiger partial charge in [0.1, 0.15) is 5.00 Å². The highest BCUT2D eigenvalue weighted by atomic mass is 32.1. The Morgan fingerprint density at radius 2 is 1.82 bits per heavy atom. The molecule has 28 heavy (non-hydrogen) atoms. The van der Waals surface area contributed by atoms with Crippen LogP contribution in [0.5, 0.6) is 0 Å². The average molecular weight is 399 g/mol. The van der Waals surface area contributed by atoms with Gasteiger partial charge < -0.3 is 10.6 Å². The summed E-state index contributed by atoms with van der Waals surface area (Å²) >= 11 is 1.56. The van der Waals surface area contributed by atoms with Crippen molar-refractivity contribution in [2.24, 2.45) is 11.3 Å². The second-order valence-electron chi connectivity index (χ2n) is 8.95. The van der Waals surface area contributed by atoms with Crippen LogP contribution in [0.2, 0.25) is 0 Å².